The molecule has 2 amide bonds. The van der Waals surface area contributed by atoms with Gasteiger partial charge in [-0.15, -0.1) is 0 Å². The molecule has 22 heavy (non-hydrogen) atoms. The molecule has 0 bridgehead atoms. The Hall–Kier alpha value is -2.60. The third-order valence-electron chi connectivity index (χ3n) is 2.70. The van der Waals surface area contributed by atoms with Crippen molar-refractivity contribution in [3.8, 4) is 5.75 Å². The number of pyridine rings is 1. The number of benzene rings is 1. The zero-order valence-electron chi connectivity index (χ0n) is 11.8. The zero-order chi connectivity index (χ0) is 15.9. The number of aromatic nitrogens is 1. The van der Waals surface area contributed by atoms with Crippen LogP contribution in [0, 0.1) is 0 Å². The van der Waals surface area contributed by atoms with Crippen molar-refractivity contribution in [3.05, 3.63) is 58.9 Å². The first-order valence-corrected chi connectivity index (χ1v) is 6.92. The SMILES string of the molecule is CCOc1ccc(Cl)cc1C(=O)NNC(=O)c1cccnc1. The average Bonchev–Trinajstić information content (AvgIpc) is 2.55. The van der Waals surface area contributed by atoms with Gasteiger partial charge in [-0.2, -0.15) is 0 Å². The molecule has 1 aromatic heterocycles. The van der Waals surface area contributed by atoms with Crippen LogP contribution in [0.4, 0.5) is 0 Å². The second kappa shape index (κ2) is 7.42. The largest absolute Gasteiger partial charge is 0.493 e. The summed E-state index contributed by atoms with van der Waals surface area (Å²) in [6.07, 6.45) is 2.95. The van der Waals surface area contributed by atoms with Crippen LogP contribution in [0.25, 0.3) is 0 Å². The quantitative estimate of drug-likeness (QED) is 0.847. The maximum absolute atomic E-state index is 12.1. The fraction of sp³-hybridized carbons (Fsp3) is 0.133. The first kappa shape index (κ1) is 15.8. The van der Waals surface area contributed by atoms with Crippen LogP contribution >= 0.6 is 11.6 Å². The Morgan fingerprint density at radius 3 is 2.68 bits per heavy atom. The van der Waals surface area contributed by atoms with Gasteiger partial charge in [-0.25, -0.2) is 0 Å². The molecule has 0 fully saturated rings. The van der Waals surface area contributed by atoms with E-state index in [0.29, 0.717) is 22.9 Å². The molecule has 2 N–H and O–H groups in total. The fourth-order valence-corrected chi connectivity index (χ4v) is 1.88. The molecular formula is C15H14ClN3O3. The van der Waals surface area contributed by atoms with E-state index in [4.69, 9.17) is 16.3 Å². The minimum absolute atomic E-state index is 0.237. The summed E-state index contributed by atoms with van der Waals surface area (Å²) in [5, 5.41) is 0.396. The molecule has 0 saturated carbocycles. The van der Waals surface area contributed by atoms with Crippen molar-refractivity contribution in [3.63, 3.8) is 0 Å². The summed E-state index contributed by atoms with van der Waals surface area (Å²) >= 11 is 5.89. The van der Waals surface area contributed by atoms with Crippen LogP contribution in [0.2, 0.25) is 5.02 Å². The van der Waals surface area contributed by atoms with Crippen LogP contribution in [0.5, 0.6) is 5.75 Å². The van der Waals surface area contributed by atoms with Gasteiger partial charge in [-0.05, 0) is 37.3 Å². The number of hydrogen-bond acceptors (Lipinski definition) is 4. The van der Waals surface area contributed by atoms with Gasteiger partial charge in [0.2, 0.25) is 0 Å². The highest BCUT2D eigenvalue weighted by molar-refractivity contribution is 6.31. The van der Waals surface area contributed by atoms with E-state index < -0.39 is 11.8 Å². The number of nitrogens with zero attached hydrogens (tertiary/aromatic N) is 1. The van der Waals surface area contributed by atoms with Gasteiger partial charge < -0.3 is 4.74 Å². The predicted octanol–water partition coefficient (Wildman–Crippen LogP) is 2.21. The van der Waals surface area contributed by atoms with E-state index in [1.54, 1.807) is 37.4 Å². The van der Waals surface area contributed by atoms with Gasteiger partial charge in [0.15, 0.2) is 0 Å². The molecular weight excluding hydrogens is 306 g/mol. The summed E-state index contributed by atoms with van der Waals surface area (Å²) in [6, 6.07) is 7.90. The van der Waals surface area contributed by atoms with E-state index in [1.165, 1.54) is 12.3 Å². The Bertz CT molecular complexity index is 677. The van der Waals surface area contributed by atoms with E-state index in [2.05, 4.69) is 15.8 Å². The monoisotopic (exact) mass is 319 g/mol. The summed E-state index contributed by atoms with van der Waals surface area (Å²) < 4.78 is 5.36. The maximum Gasteiger partial charge on any atom is 0.273 e. The number of halogens is 1. The van der Waals surface area contributed by atoms with Crippen molar-refractivity contribution in [2.45, 2.75) is 6.92 Å². The molecule has 0 aliphatic heterocycles. The highest BCUT2D eigenvalue weighted by Gasteiger charge is 2.14. The molecule has 2 aromatic rings. The van der Waals surface area contributed by atoms with Crippen LogP contribution in [0.15, 0.2) is 42.7 Å². The number of amides is 2. The maximum atomic E-state index is 12.1. The van der Waals surface area contributed by atoms with Crippen molar-refractivity contribution in [1.29, 1.82) is 0 Å². The first-order valence-electron chi connectivity index (χ1n) is 6.55. The van der Waals surface area contributed by atoms with E-state index in [9.17, 15) is 9.59 Å². The summed E-state index contributed by atoms with van der Waals surface area (Å²) in [6.45, 7) is 2.21. The van der Waals surface area contributed by atoms with Crippen LogP contribution in [-0.2, 0) is 0 Å². The highest BCUT2D eigenvalue weighted by Crippen LogP contribution is 2.22. The lowest BCUT2D eigenvalue weighted by Crippen LogP contribution is -2.41. The Kier molecular flexibility index (Phi) is 5.32. The van der Waals surface area contributed by atoms with Crippen molar-refractivity contribution in [1.82, 2.24) is 15.8 Å². The number of hydrazine groups is 1. The number of carbonyl (C=O) groups excluding carboxylic acids is 2. The molecule has 2 rings (SSSR count). The Balaban J connectivity index is 2.06. The van der Waals surface area contributed by atoms with Crippen LogP contribution in [0.3, 0.4) is 0 Å². The summed E-state index contributed by atoms with van der Waals surface area (Å²) in [5.74, 6) is -0.607. The predicted molar refractivity (Wildman–Crippen MR) is 81.8 cm³/mol. The molecule has 6 nitrogen and oxygen atoms in total. The van der Waals surface area contributed by atoms with Crippen LogP contribution < -0.4 is 15.6 Å². The summed E-state index contributed by atoms with van der Waals surface area (Å²) in [4.78, 5) is 27.8. The Labute approximate surface area is 132 Å². The standard InChI is InChI=1S/C15H14ClN3O3/c1-2-22-13-6-5-11(16)8-12(13)15(21)19-18-14(20)10-4-3-7-17-9-10/h3-9H,2H2,1H3,(H,18,20)(H,19,21). The highest BCUT2D eigenvalue weighted by atomic mass is 35.5. The minimum Gasteiger partial charge on any atom is -0.493 e. The zero-order valence-corrected chi connectivity index (χ0v) is 12.6. The number of nitrogens with one attached hydrogen (secondary N) is 2. The molecule has 0 saturated heterocycles. The number of carbonyl (C=O) groups is 2. The molecule has 0 aliphatic rings. The molecule has 114 valence electrons. The van der Waals surface area contributed by atoms with Crippen molar-refractivity contribution in [2.24, 2.45) is 0 Å². The lowest BCUT2D eigenvalue weighted by Gasteiger charge is -2.11. The summed E-state index contributed by atoms with van der Waals surface area (Å²) in [5.41, 5.74) is 5.20. The molecule has 7 heteroatoms. The van der Waals surface area contributed by atoms with Crippen LogP contribution in [-0.4, -0.2) is 23.4 Å². The fourth-order valence-electron chi connectivity index (χ4n) is 1.71. The van der Waals surface area contributed by atoms with Gasteiger partial charge >= 0.3 is 0 Å². The van der Waals surface area contributed by atoms with Crippen molar-refractivity contribution < 1.29 is 14.3 Å². The topological polar surface area (TPSA) is 80.3 Å². The van der Waals surface area contributed by atoms with E-state index in [1.807, 2.05) is 0 Å². The van der Waals surface area contributed by atoms with E-state index >= 15 is 0 Å². The molecule has 1 heterocycles. The number of hydrogen-bond donors (Lipinski definition) is 2. The Morgan fingerprint density at radius 2 is 2.00 bits per heavy atom. The third kappa shape index (κ3) is 3.95. The number of ether oxygens (including phenoxy) is 1. The Morgan fingerprint density at radius 1 is 1.23 bits per heavy atom. The normalized spacial score (nSPS) is 9.91. The third-order valence-corrected chi connectivity index (χ3v) is 2.93. The molecule has 0 atom stereocenters. The molecule has 0 spiro atoms. The lowest BCUT2D eigenvalue weighted by atomic mass is 10.2. The van der Waals surface area contributed by atoms with Gasteiger partial charge in [-0.1, -0.05) is 11.6 Å². The van der Waals surface area contributed by atoms with Gasteiger partial charge in [-0.3, -0.25) is 25.4 Å². The molecule has 0 unspecified atom stereocenters. The average molecular weight is 320 g/mol. The minimum atomic E-state index is -0.525. The van der Waals surface area contributed by atoms with Crippen molar-refractivity contribution >= 4 is 23.4 Å². The molecule has 1 aromatic carbocycles. The van der Waals surface area contributed by atoms with Crippen LogP contribution in [0.1, 0.15) is 27.6 Å². The van der Waals surface area contributed by atoms with Gasteiger partial charge in [0.1, 0.15) is 5.75 Å². The van der Waals surface area contributed by atoms with E-state index in [-0.39, 0.29) is 5.56 Å². The second-order valence-electron chi connectivity index (χ2n) is 4.22. The van der Waals surface area contributed by atoms with Gasteiger partial charge in [0.25, 0.3) is 11.8 Å². The smallest absolute Gasteiger partial charge is 0.273 e. The molecule has 0 radical (unpaired) electrons. The second-order valence-corrected chi connectivity index (χ2v) is 4.66. The van der Waals surface area contributed by atoms with Gasteiger partial charge in [0.05, 0.1) is 17.7 Å². The van der Waals surface area contributed by atoms with E-state index in [0.717, 1.165) is 0 Å². The first-order chi connectivity index (χ1) is 10.6. The number of rotatable bonds is 4. The van der Waals surface area contributed by atoms with Crippen molar-refractivity contribution in [2.75, 3.05) is 6.61 Å². The lowest BCUT2D eigenvalue weighted by molar-refractivity contribution is 0.0844. The summed E-state index contributed by atoms with van der Waals surface area (Å²) in [7, 11) is 0. The van der Waals surface area contributed by atoms with Gasteiger partial charge in [0, 0.05) is 17.4 Å². The molecule has 0 aliphatic carbocycles.